The highest BCUT2D eigenvalue weighted by atomic mass is 35.5. The monoisotopic (exact) mass is 531 g/mol. The predicted molar refractivity (Wildman–Crippen MR) is 133 cm³/mol. The second kappa shape index (κ2) is 11.9. The molecule has 0 aliphatic carbocycles. The second-order valence-electron chi connectivity index (χ2n) is 8.00. The lowest BCUT2D eigenvalue weighted by atomic mass is 10.1. The minimum Gasteiger partial charge on any atom is -0.352 e. The van der Waals surface area contributed by atoms with Crippen molar-refractivity contribution in [1.29, 1.82) is 0 Å². The number of sulfonamides is 1. The molecule has 11 heteroatoms. The smallest absolute Gasteiger partial charge is 0.244 e. The van der Waals surface area contributed by atoms with Crippen LogP contribution in [0.4, 0.5) is 10.1 Å². The largest absolute Gasteiger partial charge is 0.352 e. The molecule has 2 aromatic rings. The van der Waals surface area contributed by atoms with Gasteiger partial charge in [-0.3, -0.25) is 13.9 Å². The summed E-state index contributed by atoms with van der Waals surface area (Å²) in [5.74, 6) is -1.56. The molecule has 34 heavy (non-hydrogen) atoms. The molecule has 0 aliphatic heterocycles. The van der Waals surface area contributed by atoms with Crippen LogP contribution in [0.25, 0.3) is 0 Å². The first-order valence-corrected chi connectivity index (χ1v) is 13.2. The number of benzene rings is 2. The van der Waals surface area contributed by atoms with Crippen molar-refractivity contribution in [3.63, 3.8) is 0 Å². The number of hydrogen-bond acceptors (Lipinski definition) is 4. The van der Waals surface area contributed by atoms with E-state index in [1.165, 1.54) is 23.1 Å². The Morgan fingerprint density at radius 1 is 1.09 bits per heavy atom. The van der Waals surface area contributed by atoms with Gasteiger partial charge in [0.05, 0.1) is 11.9 Å². The topological polar surface area (TPSA) is 86.8 Å². The van der Waals surface area contributed by atoms with Crippen LogP contribution in [0.15, 0.2) is 42.5 Å². The molecule has 0 aliphatic rings. The Kier molecular flexibility index (Phi) is 9.73. The van der Waals surface area contributed by atoms with E-state index in [1.807, 2.05) is 13.8 Å². The third-order valence-electron chi connectivity index (χ3n) is 5.32. The number of nitrogens with zero attached hydrogens (tertiary/aromatic N) is 2. The van der Waals surface area contributed by atoms with E-state index in [9.17, 15) is 22.4 Å². The van der Waals surface area contributed by atoms with E-state index in [1.54, 1.807) is 19.1 Å². The third-order valence-corrected chi connectivity index (χ3v) is 7.05. The fourth-order valence-electron chi connectivity index (χ4n) is 3.10. The summed E-state index contributed by atoms with van der Waals surface area (Å²) in [6, 6.07) is 8.46. The first-order valence-electron chi connectivity index (χ1n) is 10.6. The highest BCUT2D eigenvalue weighted by Crippen LogP contribution is 2.24. The number of carbonyl (C=O) groups is 2. The first-order chi connectivity index (χ1) is 15.8. The van der Waals surface area contributed by atoms with Gasteiger partial charge in [0, 0.05) is 22.6 Å². The molecule has 0 fully saturated rings. The van der Waals surface area contributed by atoms with E-state index in [0.29, 0.717) is 22.0 Å². The fourth-order valence-corrected chi connectivity index (χ4v) is 4.42. The van der Waals surface area contributed by atoms with Gasteiger partial charge in [-0.1, -0.05) is 36.2 Å². The predicted octanol–water partition coefficient (Wildman–Crippen LogP) is 4.23. The van der Waals surface area contributed by atoms with Gasteiger partial charge >= 0.3 is 0 Å². The molecule has 0 aromatic heterocycles. The molecule has 186 valence electrons. The summed E-state index contributed by atoms with van der Waals surface area (Å²) in [6.07, 6.45) is 1.64. The Morgan fingerprint density at radius 3 is 2.24 bits per heavy atom. The van der Waals surface area contributed by atoms with Gasteiger partial charge in [0.2, 0.25) is 21.8 Å². The number of anilines is 1. The lowest BCUT2D eigenvalue weighted by Crippen LogP contribution is -2.52. The van der Waals surface area contributed by atoms with Crippen molar-refractivity contribution >= 4 is 50.7 Å². The van der Waals surface area contributed by atoms with Crippen LogP contribution in [0.5, 0.6) is 0 Å². The van der Waals surface area contributed by atoms with Gasteiger partial charge in [-0.05, 0) is 62.2 Å². The van der Waals surface area contributed by atoms with E-state index >= 15 is 0 Å². The zero-order valence-corrected chi connectivity index (χ0v) is 21.7. The van der Waals surface area contributed by atoms with Gasteiger partial charge in [0.25, 0.3) is 0 Å². The molecular formula is C23H28Cl2FN3O4S. The SMILES string of the molecule is CCC(C)NC(=O)C(C)N(Cc1ccc(Cl)cc1Cl)C(=O)CN(c1ccc(F)cc1)S(C)(=O)=O. The molecule has 0 bridgehead atoms. The maximum Gasteiger partial charge on any atom is 0.244 e. The van der Waals surface area contributed by atoms with E-state index in [2.05, 4.69) is 5.32 Å². The Hall–Kier alpha value is -2.36. The summed E-state index contributed by atoms with van der Waals surface area (Å²) in [7, 11) is -3.90. The molecule has 2 amide bonds. The summed E-state index contributed by atoms with van der Waals surface area (Å²) in [6.45, 7) is 4.68. The van der Waals surface area contributed by atoms with Crippen molar-refractivity contribution < 1.29 is 22.4 Å². The fraction of sp³-hybridized carbons (Fsp3) is 0.391. The van der Waals surface area contributed by atoms with E-state index in [4.69, 9.17) is 23.2 Å². The second-order valence-corrected chi connectivity index (χ2v) is 10.7. The number of nitrogens with one attached hydrogen (secondary N) is 1. The first kappa shape index (κ1) is 27.9. The summed E-state index contributed by atoms with van der Waals surface area (Å²) in [4.78, 5) is 27.5. The average molecular weight is 532 g/mol. The summed E-state index contributed by atoms with van der Waals surface area (Å²) in [5.41, 5.74) is 0.661. The molecule has 0 saturated heterocycles. The van der Waals surface area contributed by atoms with Crippen molar-refractivity contribution in [1.82, 2.24) is 10.2 Å². The van der Waals surface area contributed by atoms with E-state index < -0.39 is 34.3 Å². The minimum atomic E-state index is -3.90. The Balaban J connectivity index is 2.41. The quantitative estimate of drug-likeness (QED) is 0.496. The minimum absolute atomic E-state index is 0.0506. The van der Waals surface area contributed by atoms with Gasteiger partial charge in [-0.2, -0.15) is 0 Å². The van der Waals surface area contributed by atoms with Crippen molar-refractivity contribution in [2.75, 3.05) is 17.1 Å². The van der Waals surface area contributed by atoms with Crippen LogP contribution in [0.3, 0.4) is 0 Å². The maximum atomic E-state index is 13.4. The van der Waals surface area contributed by atoms with E-state index in [-0.39, 0.29) is 24.2 Å². The van der Waals surface area contributed by atoms with Gasteiger partial charge < -0.3 is 10.2 Å². The number of hydrogen-bond donors (Lipinski definition) is 1. The zero-order valence-electron chi connectivity index (χ0n) is 19.4. The molecular weight excluding hydrogens is 504 g/mol. The molecule has 2 rings (SSSR count). The molecule has 0 spiro atoms. The summed E-state index contributed by atoms with van der Waals surface area (Å²) >= 11 is 12.3. The van der Waals surface area contributed by atoms with Gasteiger partial charge in [0.15, 0.2) is 0 Å². The van der Waals surface area contributed by atoms with Crippen LogP contribution in [0, 0.1) is 5.82 Å². The molecule has 2 aromatic carbocycles. The normalized spacial score (nSPS) is 13.1. The van der Waals surface area contributed by atoms with Crippen LogP contribution in [-0.2, 0) is 26.2 Å². The number of halogens is 3. The molecule has 7 nitrogen and oxygen atoms in total. The van der Waals surface area contributed by atoms with Crippen LogP contribution in [0.2, 0.25) is 10.0 Å². The Bertz CT molecular complexity index is 1130. The van der Waals surface area contributed by atoms with Crippen LogP contribution < -0.4 is 9.62 Å². The third kappa shape index (κ3) is 7.58. The molecule has 0 radical (unpaired) electrons. The molecule has 0 saturated carbocycles. The van der Waals surface area contributed by atoms with Crippen molar-refractivity contribution in [3.05, 3.63) is 63.9 Å². The standard InChI is InChI=1S/C23H28Cl2FN3O4S/c1-5-15(2)27-23(31)16(3)28(13-17-6-7-18(24)12-21(17)25)22(30)14-29(34(4,32)33)20-10-8-19(26)9-11-20/h6-12,15-16H,5,13-14H2,1-4H3,(H,27,31). The highest BCUT2D eigenvalue weighted by molar-refractivity contribution is 7.92. The van der Waals surface area contributed by atoms with Crippen molar-refractivity contribution in [2.24, 2.45) is 0 Å². The van der Waals surface area contributed by atoms with Crippen LogP contribution in [-0.4, -0.2) is 50.0 Å². The summed E-state index contributed by atoms with van der Waals surface area (Å²) in [5, 5.41) is 3.55. The highest BCUT2D eigenvalue weighted by Gasteiger charge is 2.30. The average Bonchev–Trinajstić information content (AvgIpc) is 2.76. The molecule has 2 unspecified atom stereocenters. The van der Waals surface area contributed by atoms with Gasteiger partial charge in [-0.15, -0.1) is 0 Å². The number of carbonyl (C=O) groups excluding carboxylic acids is 2. The van der Waals surface area contributed by atoms with Crippen LogP contribution >= 0.6 is 23.2 Å². The van der Waals surface area contributed by atoms with Gasteiger partial charge in [0.1, 0.15) is 18.4 Å². The van der Waals surface area contributed by atoms with Crippen molar-refractivity contribution in [2.45, 2.75) is 45.8 Å². The maximum absolute atomic E-state index is 13.4. The molecule has 0 heterocycles. The van der Waals surface area contributed by atoms with Crippen LogP contribution in [0.1, 0.15) is 32.8 Å². The Labute approximate surface area is 209 Å². The zero-order chi connectivity index (χ0) is 25.6. The molecule has 1 N–H and O–H groups in total. The lowest BCUT2D eigenvalue weighted by molar-refractivity contribution is -0.139. The van der Waals surface area contributed by atoms with Gasteiger partial charge in [-0.25, -0.2) is 12.8 Å². The van der Waals surface area contributed by atoms with E-state index in [0.717, 1.165) is 22.7 Å². The summed E-state index contributed by atoms with van der Waals surface area (Å²) < 4.78 is 39.1. The number of rotatable bonds is 10. The van der Waals surface area contributed by atoms with Crippen molar-refractivity contribution in [3.8, 4) is 0 Å². The lowest BCUT2D eigenvalue weighted by Gasteiger charge is -2.32. The Morgan fingerprint density at radius 2 is 1.71 bits per heavy atom. The number of amides is 2. The molecule has 2 atom stereocenters.